The molecule has 3 aromatic rings. The molecule has 6 nitrogen and oxygen atoms in total. The van der Waals surface area contributed by atoms with Gasteiger partial charge in [-0.1, -0.05) is 42.8 Å². The molecule has 1 unspecified atom stereocenters. The molecule has 0 saturated heterocycles. The van der Waals surface area contributed by atoms with Crippen molar-refractivity contribution < 1.29 is 17.9 Å². The minimum Gasteiger partial charge on any atom is -0.481 e. The van der Waals surface area contributed by atoms with E-state index in [9.17, 15) is 13.2 Å². The summed E-state index contributed by atoms with van der Waals surface area (Å²) in [6.07, 6.45) is -0.163. The van der Waals surface area contributed by atoms with Crippen LogP contribution in [-0.2, 0) is 14.8 Å². The van der Waals surface area contributed by atoms with Gasteiger partial charge < -0.3 is 10.1 Å². The molecule has 3 rings (SSSR count). The number of aryl methyl sites for hydroxylation is 1. The Morgan fingerprint density at radius 2 is 1.53 bits per heavy atom. The zero-order chi connectivity index (χ0) is 21.6. The summed E-state index contributed by atoms with van der Waals surface area (Å²) in [6.45, 7) is 3.84. The second-order valence-corrected chi connectivity index (χ2v) is 8.50. The molecule has 0 radical (unpaired) electrons. The van der Waals surface area contributed by atoms with Gasteiger partial charge in [-0.3, -0.25) is 9.52 Å². The SMILES string of the molecule is CCC(Oc1ccc(C)cc1)C(=O)Nc1ccc(S(=O)(=O)Nc2ccccc2)cc1. The van der Waals surface area contributed by atoms with Crippen LogP contribution in [0, 0.1) is 6.92 Å². The molecule has 7 heteroatoms. The van der Waals surface area contributed by atoms with Crippen LogP contribution in [0.3, 0.4) is 0 Å². The molecule has 30 heavy (non-hydrogen) atoms. The van der Waals surface area contributed by atoms with E-state index >= 15 is 0 Å². The standard InChI is InChI=1S/C23H24N2O4S/c1-3-22(29-20-13-9-17(2)10-14-20)23(26)24-18-11-15-21(16-12-18)30(27,28)25-19-7-5-4-6-8-19/h4-16,22,25H,3H2,1-2H3,(H,24,26). The van der Waals surface area contributed by atoms with Crippen molar-refractivity contribution in [2.45, 2.75) is 31.3 Å². The average molecular weight is 425 g/mol. The Bertz CT molecular complexity index is 1080. The smallest absolute Gasteiger partial charge is 0.265 e. The van der Waals surface area contributed by atoms with Gasteiger partial charge in [-0.15, -0.1) is 0 Å². The zero-order valence-electron chi connectivity index (χ0n) is 16.8. The van der Waals surface area contributed by atoms with E-state index in [1.807, 2.05) is 38.1 Å². The monoisotopic (exact) mass is 424 g/mol. The predicted octanol–water partition coefficient (Wildman–Crippen LogP) is 4.59. The van der Waals surface area contributed by atoms with Crippen LogP contribution in [0.2, 0.25) is 0 Å². The van der Waals surface area contributed by atoms with Crippen LogP contribution in [0.25, 0.3) is 0 Å². The maximum atomic E-state index is 12.6. The van der Waals surface area contributed by atoms with Crippen molar-refractivity contribution in [1.29, 1.82) is 0 Å². The molecule has 0 heterocycles. The average Bonchev–Trinajstić information content (AvgIpc) is 2.74. The molecule has 0 aliphatic heterocycles. The number of amides is 1. The third-order valence-corrected chi connectivity index (χ3v) is 5.82. The van der Waals surface area contributed by atoms with Crippen LogP contribution >= 0.6 is 0 Å². The van der Waals surface area contributed by atoms with Gasteiger partial charge in [0.2, 0.25) is 0 Å². The normalized spacial score (nSPS) is 12.1. The van der Waals surface area contributed by atoms with E-state index in [-0.39, 0.29) is 10.8 Å². The highest BCUT2D eigenvalue weighted by Gasteiger charge is 2.19. The fourth-order valence-corrected chi connectivity index (χ4v) is 3.82. The molecule has 0 aromatic heterocycles. The molecule has 1 amide bonds. The van der Waals surface area contributed by atoms with Gasteiger partial charge in [0.05, 0.1) is 4.90 Å². The molecule has 3 aromatic carbocycles. The first kappa shape index (κ1) is 21.4. The topological polar surface area (TPSA) is 84.5 Å². The van der Waals surface area contributed by atoms with Crippen molar-refractivity contribution in [3.05, 3.63) is 84.4 Å². The predicted molar refractivity (Wildman–Crippen MR) is 118 cm³/mol. The maximum absolute atomic E-state index is 12.6. The van der Waals surface area contributed by atoms with Gasteiger partial charge in [-0.2, -0.15) is 0 Å². The number of hydrogen-bond acceptors (Lipinski definition) is 4. The van der Waals surface area contributed by atoms with Crippen LogP contribution in [0.5, 0.6) is 5.75 Å². The number of hydrogen-bond donors (Lipinski definition) is 2. The van der Waals surface area contributed by atoms with E-state index in [2.05, 4.69) is 10.0 Å². The minimum atomic E-state index is -3.71. The Kier molecular flexibility index (Phi) is 6.74. The number of rotatable bonds is 8. The minimum absolute atomic E-state index is 0.104. The van der Waals surface area contributed by atoms with Crippen molar-refractivity contribution in [3.8, 4) is 5.75 Å². The molecule has 0 aliphatic carbocycles. The van der Waals surface area contributed by atoms with Gasteiger partial charge in [0, 0.05) is 11.4 Å². The Hall–Kier alpha value is -3.32. The summed E-state index contributed by atoms with van der Waals surface area (Å²) in [4.78, 5) is 12.7. The van der Waals surface area contributed by atoms with Crippen molar-refractivity contribution in [2.24, 2.45) is 0 Å². The van der Waals surface area contributed by atoms with Gasteiger partial charge >= 0.3 is 0 Å². The molecule has 0 bridgehead atoms. The number of carbonyl (C=O) groups is 1. The van der Waals surface area contributed by atoms with Gasteiger partial charge in [0.25, 0.3) is 15.9 Å². The lowest BCUT2D eigenvalue weighted by Gasteiger charge is -2.17. The quantitative estimate of drug-likeness (QED) is 0.554. The first-order chi connectivity index (χ1) is 14.4. The lowest BCUT2D eigenvalue weighted by Crippen LogP contribution is -2.32. The third-order valence-electron chi connectivity index (χ3n) is 4.42. The largest absolute Gasteiger partial charge is 0.481 e. The Balaban J connectivity index is 1.65. The molecular formula is C23H24N2O4S. The number of ether oxygens (including phenoxy) is 1. The highest BCUT2D eigenvalue weighted by Crippen LogP contribution is 2.19. The highest BCUT2D eigenvalue weighted by molar-refractivity contribution is 7.92. The Labute approximate surface area is 177 Å². The van der Waals surface area contributed by atoms with E-state index in [4.69, 9.17) is 4.74 Å². The van der Waals surface area contributed by atoms with Gasteiger partial charge in [0.1, 0.15) is 5.75 Å². The van der Waals surface area contributed by atoms with Crippen LogP contribution in [-0.4, -0.2) is 20.4 Å². The molecule has 2 N–H and O–H groups in total. The second kappa shape index (κ2) is 9.45. The van der Waals surface area contributed by atoms with Gasteiger partial charge in [0.15, 0.2) is 6.10 Å². The molecule has 0 spiro atoms. The van der Waals surface area contributed by atoms with E-state index < -0.39 is 16.1 Å². The number of para-hydroxylation sites is 1. The number of sulfonamides is 1. The lowest BCUT2D eigenvalue weighted by atomic mass is 10.2. The second-order valence-electron chi connectivity index (χ2n) is 6.81. The fraction of sp³-hybridized carbons (Fsp3) is 0.174. The van der Waals surface area contributed by atoms with Gasteiger partial charge in [-0.05, 0) is 61.9 Å². The summed E-state index contributed by atoms with van der Waals surface area (Å²) in [6, 6.07) is 22.1. The summed E-state index contributed by atoms with van der Waals surface area (Å²) in [5.41, 5.74) is 2.08. The molecule has 0 aliphatic rings. The number of anilines is 2. The van der Waals surface area contributed by atoms with E-state index in [1.54, 1.807) is 42.5 Å². The molecule has 156 valence electrons. The van der Waals surface area contributed by atoms with Crippen LogP contribution in [0.4, 0.5) is 11.4 Å². The van der Waals surface area contributed by atoms with Crippen molar-refractivity contribution in [3.63, 3.8) is 0 Å². The lowest BCUT2D eigenvalue weighted by molar-refractivity contribution is -0.122. The van der Waals surface area contributed by atoms with Crippen LogP contribution < -0.4 is 14.8 Å². The van der Waals surface area contributed by atoms with Crippen molar-refractivity contribution >= 4 is 27.3 Å². The summed E-state index contributed by atoms with van der Waals surface area (Å²) in [5.74, 6) is 0.326. The molecule has 0 fully saturated rings. The number of benzene rings is 3. The van der Waals surface area contributed by atoms with Gasteiger partial charge in [-0.25, -0.2) is 8.42 Å². The third kappa shape index (κ3) is 5.61. The van der Waals surface area contributed by atoms with Crippen LogP contribution in [0.1, 0.15) is 18.9 Å². The first-order valence-corrected chi connectivity index (χ1v) is 11.1. The Morgan fingerprint density at radius 1 is 0.900 bits per heavy atom. The summed E-state index contributed by atoms with van der Waals surface area (Å²) >= 11 is 0. The molecule has 0 saturated carbocycles. The summed E-state index contributed by atoms with van der Waals surface area (Å²) in [5, 5.41) is 2.77. The summed E-state index contributed by atoms with van der Waals surface area (Å²) in [7, 11) is -3.71. The fourth-order valence-electron chi connectivity index (χ4n) is 2.76. The summed E-state index contributed by atoms with van der Waals surface area (Å²) < 4.78 is 33.3. The van der Waals surface area contributed by atoms with Crippen molar-refractivity contribution in [1.82, 2.24) is 0 Å². The molecular weight excluding hydrogens is 400 g/mol. The van der Waals surface area contributed by atoms with E-state index in [1.165, 1.54) is 12.1 Å². The maximum Gasteiger partial charge on any atom is 0.265 e. The van der Waals surface area contributed by atoms with Crippen molar-refractivity contribution in [2.75, 3.05) is 10.0 Å². The highest BCUT2D eigenvalue weighted by atomic mass is 32.2. The number of nitrogens with one attached hydrogen (secondary N) is 2. The van der Waals surface area contributed by atoms with E-state index in [0.29, 0.717) is 23.5 Å². The number of carbonyl (C=O) groups excluding carboxylic acids is 1. The molecule has 1 atom stereocenters. The zero-order valence-corrected chi connectivity index (χ0v) is 17.6. The van der Waals surface area contributed by atoms with Crippen LogP contribution in [0.15, 0.2) is 83.8 Å². The Morgan fingerprint density at radius 3 is 2.13 bits per heavy atom. The first-order valence-electron chi connectivity index (χ1n) is 9.59. The van der Waals surface area contributed by atoms with E-state index in [0.717, 1.165) is 5.56 Å².